The minimum atomic E-state index is 0.371. The normalized spacial score (nSPS) is 25.6. The van der Waals surface area contributed by atoms with Gasteiger partial charge < -0.3 is 0 Å². The maximum atomic E-state index is 5.10. The SMILES string of the molecule is CC1(C)[C@@H]2CC[C@H]1c1nc3c(ccc4cccnc43)cc12. The third-order valence-corrected chi connectivity index (χ3v) is 5.86. The molecule has 2 nitrogen and oxygen atoms in total. The summed E-state index contributed by atoms with van der Waals surface area (Å²) in [5, 5.41) is 2.42. The van der Waals surface area contributed by atoms with Crippen molar-refractivity contribution in [3.05, 3.63) is 47.8 Å². The maximum Gasteiger partial charge on any atom is 0.0968 e. The Morgan fingerprint density at radius 3 is 2.71 bits per heavy atom. The van der Waals surface area contributed by atoms with Crippen LogP contribution in [0, 0.1) is 5.41 Å². The molecule has 2 aliphatic carbocycles. The molecule has 2 heteroatoms. The molecule has 5 rings (SSSR count). The van der Waals surface area contributed by atoms with Crippen molar-refractivity contribution in [2.24, 2.45) is 5.41 Å². The number of rotatable bonds is 0. The fourth-order valence-corrected chi connectivity index (χ4v) is 4.73. The van der Waals surface area contributed by atoms with Gasteiger partial charge >= 0.3 is 0 Å². The smallest absolute Gasteiger partial charge is 0.0968 e. The van der Waals surface area contributed by atoms with Gasteiger partial charge in [0, 0.05) is 28.6 Å². The van der Waals surface area contributed by atoms with Crippen molar-refractivity contribution >= 4 is 21.8 Å². The molecule has 1 saturated carbocycles. The van der Waals surface area contributed by atoms with Gasteiger partial charge in [0.05, 0.1) is 11.0 Å². The Morgan fingerprint density at radius 2 is 1.81 bits per heavy atom. The molecule has 2 aromatic heterocycles. The quantitative estimate of drug-likeness (QED) is 0.551. The molecule has 104 valence electrons. The Hall–Kier alpha value is -1.96. The highest BCUT2D eigenvalue weighted by molar-refractivity contribution is 6.03. The zero-order chi connectivity index (χ0) is 14.2. The molecule has 2 atom stereocenters. The molecule has 0 N–H and O–H groups in total. The highest BCUT2D eigenvalue weighted by atomic mass is 14.8. The van der Waals surface area contributed by atoms with Crippen molar-refractivity contribution < 1.29 is 0 Å². The highest BCUT2D eigenvalue weighted by Gasteiger charge is 2.52. The first-order valence-electron chi connectivity index (χ1n) is 7.84. The summed E-state index contributed by atoms with van der Waals surface area (Å²) in [6.45, 7) is 4.83. The Balaban J connectivity index is 1.89. The van der Waals surface area contributed by atoms with Crippen molar-refractivity contribution in [2.75, 3.05) is 0 Å². The van der Waals surface area contributed by atoms with Crippen molar-refractivity contribution in [1.82, 2.24) is 9.97 Å². The minimum Gasteiger partial charge on any atom is -0.254 e. The molecule has 3 aromatic rings. The Bertz CT molecular complexity index is 895. The van der Waals surface area contributed by atoms with E-state index in [1.54, 1.807) is 0 Å². The summed E-state index contributed by atoms with van der Waals surface area (Å²) in [5.41, 5.74) is 5.34. The standard InChI is InChI=1S/C19H18N2/c1-19(2)14-7-8-15(19)18-13(14)10-12-6-5-11-4-3-9-20-16(11)17(12)21-18/h3-6,9-10,14-15H,7-8H2,1-2H3/t14-,15+/m1/s1. The Labute approximate surface area is 124 Å². The number of nitrogens with zero attached hydrogens (tertiary/aromatic N) is 2. The molecule has 0 unspecified atom stereocenters. The lowest BCUT2D eigenvalue weighted by Crippen LogP contribution is -2.14. The van der Waals surface area contributed by atoms with Gasteiger partial charge in [-0.2, -0.15) is 0 Å². The van der Waals surface area contributed by atoms with Gasteiger partial charge in [0.15, 0.2) is 0 Å². The van der Waals surface area contributed by atoms with E-state index in [9.17, 15) is 0 Å². The van der Waals surface area contributed by atoms with Gasteiger partial charge in [-0.3, -0.25) is 4.98 Å². The van der Waals surface area contributed by atoms with Crippen molar-refractivity contribution in [3.63, 3.8) is 0 Å². The molecule has 0 saturated heterocycles. The van der Waals surface area contributed by atoms with E-state index in [2.05, 4.69) is 43.1 Å². The zero-order valence-corrected chi connectivity index (χ0v) is 12.4. The molecular weight excluding hydrogens is 256 g/mol. The van der Waals surface area contributed by atoms with Gasteiger partial charge in [-0.15, -0.1) is 0 Å². The molecule has 2 heterocycles. The molecule has 2 aliphatic rings. The van der Waals surface area contributed by atoms with Crippen LogP contribution in [-0.2, 0) is 0 Å². The second kappa shape index (κ2) is 3.62. The lowest BCUT2D eigenvalue weighted by molar-refractivity contribution is 0.323. The predicted octanol–water partition coefficient (Wildman–Crippen LogP) is 4.78. The number of pyridine rings is 2. The van der Waals surface area contributed by atoms with Crippen LogP contribution in [-0.4, -0.2) is 9.97 Å². The molecule has 0 radical (unpaired) electrons. The fourth-order valence-electron chi connectivity index (χ4n) is 4.73. The average Bonchev–Trinajstić information content (AvgIpc) is 2.91. The van der Waals surface area contributed by atoms with Crippen LogP contribution in [0.25, 0.3) is 21.8 Å². The summed E-state index contributed by atoms with van der Waals surface area (Å²) >= 11 is 0. The number of aromatic nitrogens is 2. The summed E-state index contributed by atoms with van der Waals surface area (Å²) in [4.78, 5) is 9.67. The van der Waals surface area contributed by atoms with E-state index in [-0.39, 0.29) is 0 Å². The molecular formula is C19H18N2. The first-order valence-corrected chi connectivity index (χ1v) is 7.84. The lowest BCUT2D eigenvalue weighted by atomic mass is 9.80. The van der Waals surface area contributed by atoms with Gasteiger partial charge in [-0.25, -0.2) is 4.98 Å². The van der Waals surface area contributed by atoms with E-state index in [4.69, 9.17) is 4.98 Å². The van der Waals surface area contributed by atoms with Crippen LogP contribution in [0.5, 0.6) is 0 Å². The third-order valence-electron chi connectivity index (χ3n) is 5.86. The highest BCUT2D eigenvalue weighted by Crippen LogP contribution is 2.64. The van der Waals surface area contributed by atoms with Gasteiger partial charge in [0.2, 0.25) is 0 Å². The fraction of sp³-hybridized carbons (Fsp3) is 0.368. The number of fused-ring (bicyclic) bond motifs is 8. The van der Waals surface area contributed by atoms with Crippen LogP contribution >= 0.6 is 0 Å². The van der Waals surface area contributed by atoms with Gasteiger partial charge in [0.25, 0.3) is 0 Å². The topological polar surface area (TPSA) is 25.8 Å². The van der Waals surface area contributed by atoms with Crippen molar-refractivity contribution in [3.8, 4) is 0 Å². The van der Waals surface area contributed by atoms with Gasteiger partial charge in [-0.05, 0) is 41.9 Å². The summed E-state index contributed by atoms with van der Waals surface area (Å²) < 4.78 is 0. The van der Waals surface area contributed by atoms with Crippen LogP contribution in [0.15, 0.2) is 36.5 Å². The van der Waals surface area contributed by atoms with Crippen molar-refractivity contribution in [1.29, 1.82) is 0 Å². The summed E-state index contributed by atoms with van der Waals surface area (Å²) in [6, 6.07) is 10.9. The molecule has 21 heavy (non-hydrogen) atoms. The second-order valence-electron chi connectivity index (χ2n) is 7.18. The van der Waals surface area contributed by atoms with E-state index in [1.807, 2.05) is 12.3 Å². The lowest BCUT2D eigenvalue weighted by Gasteiger charge is -2.23. The van der Waals surface area contributed by atoms with Gasteiger partial charge in [0.1, 0.15) is 0 Å². The first kappa shape index (κ1) is 11.7. The summed E-state index contributed by atoms with van der Waals surface area (Å²) in [6.07, 6.45) is 4.48. The molecule has 0 amide bonds. The first-order chi connectivity index (χ1) is 10.2. The van der Waals surface area contributed by atoms with Crippen LogP contribution in [0.2, 0.25) is 0 Å². The van der Waals surface area contributed by atoms with Crippen LogP contribution in [0.3, 0.4) is 0 Å². The summed E-state index contributed by atoms with van der Waals surface area (Å²) in [5.74, 6) is 1.31. The largest absolute Gasteiger partial charge is 0.254 e. The Morgan fingerprint density at radius 1 is 1.00 bits per heavy atom. The maximum absolute atomic E-state index is 5.10. The van der Waals surface area contributed by atoms with E-state index < -0.39 is 0 Å². The van der Waals surface area contributed by atoms with Crippen LogP contribution in [0.4, 0.5) is 0 Å². The van der Waals surface area contributed by atoms with E-state index in [0.29, 0.717) is 17.3 Å². The molecule has 1 fully saturated rings. The molecule has 2 bridgehead atoms. The molecule has 0 aliphatic heterocycles. The number of hydrogen-bond donors (Lipinski definition) is 0. The summed E-state index contributed by atoms with van der Waals surface area (Å²) in [7, 11) is 0. The molecule has 0 spiro atoms. The number of hydrogen-bond acceptors (Lipinski definition) is 2. The van der Waals surface area contributed by atoms with Crippen molar-refractivity contribution in [2.45, 2.75) is 38.5 Å². The van der Waals surface area contributed by atoms with E-state index >= 15 is 0 Å². The predicted molar refractivity (Wildman–Crippen MR) is 85.5 cm³/mol. The third kappa shape index (κ3) is 1.33. The molecule has 1 aromatic carbocycles. The van der Waals surface area contributed by atoms with E-state index in [0.717, 1.165) is 11.0 Å². The second-order valence-corrected chi connectivity index (χ2v) is 7.18. The van der Waals surface area contributed by atoms with Crippen LogP contribution < -0.4 is 0 Å². The minimum absolute atomic E-state index is 0.371. The van der Waals surface area contributed by atoms with Crippen LogP contribution in [0.1, 0.15) is 49.8 Å². The number of benzene rings is 1. The van der Waals surface area contributed by atoms with E-state index in [1.165, 1.54) is 34.9 Å². The van der Waals surface area contributed by atoms with Gasteiger partial charge in [-0.1, -0.05) is 32.0 Å². The Kier molecular flexibility index (Phi) is 2.01. The zero-order valence-electron chi connectivity index (χ0n) is 12.4. The monoisotopic (exact) mass is 274 g/mol. The average molecular weight is 274 g/mol.